The fourth-order valence-corrected chi connectivity index (χ4v) is 1.83. The van der Waals surface area contributed by atoms with Crippen molar-refractivity contribution in [2.45, 2.75) is 12.3 Å². The molecule has 14 heavy (non-hydrogen) atoms. The van der Waals surface area contributed by atoms with Crippen molar-refractivity contribution in [3.05, 3.63) is 26.6 Å². The Bertz CT molecular complexity index is 390. The van der Waals surface area contributed by atoms with Crippen LogP contribution < -0.4 is 0 Å². The third kappa shape index (κ3) is 2.30. The molecule has 6 heteroatoms. The van der Waals surface area contributed by atoms with Gasteiger partial charge in [-0.3, -0.25) is 0 Å². The molecule has 0 unspecified atom stereocenters. The van der Waals surface area contributed by atoms with Crippen LogP contribution in [0, 0.1) is 15.0 Å². The van der Waals surface area contributed by atoms with Crippen molar-refractivity contribution in [2.75, 3.05) is 0 Å². The quantitative estimate of drug-likeness (QED) is 0.475. The zero-order valence-corrected chi connectivity index (χ0v) is 9.68. The largest absolute Gasteiger partial charge is 0.280 e. The van der Waals surface area contributed by atoms with Gasteiger partial charge in [0.15, 0.2) is 0 Å². The van der Waals surface area contributed by atoms with Crippen LogP contribution in [0.15, 0.2) is 6.07 Å². The predicted molar refractivity (Wildman–Crippen MR) is 56.2 cm³/mol. The SMILES string of the molecule is N#Cc1cc(I)nc(C(F)F)c1CCl. The van der Waals surface area contributed by atoms with Crippen LogP contribution in [0.1, 0.15) is 23.2 Å². The molecule has 2 nitrogen and oxygen atoms in total. The van der Waals surface area contributed by atoms with Gasteiger partial charge in [-0.05, 0) is 28.7 Å². The molecule has 0 aliphatic heterocycles. The molecule has 0 saturated heterocycles. The van der Waals surface area contributed by atoms with E-state index in [1.807, 2.05) is 6.07 Å². The van der Waals surface area contributed by atoms with Gasteiger partial charge in [-0.15, -0.1) is 11.6 Å². The Morgan fingerprint density at radius 2 is 2.29 bits per heavy atom. The van der Waals surface area contributed by atoms with E-state index in [2.05, 4.69) is 4.98 Å². The molecule has 0 radical (unpaired) electrons. The molecule has 0 fully saturated rings. The summed E-state index contributed by atoms with van der Waals surface area (Å²) in [5, 5.41) is 8.70. The predicted octanol–water partition coefficient (Wildman–Crippen LogP) is 3.23. The number of nitriles is 1. The van der Waals surface area contributed by atoms with Crippen molar-refractivity contribution >= 4 is 34.2 Å². The monoisotopic (exact) mass is 328 g/mol. The Labute approximate surface area is 98.0 Å². The fraction of sp³-hybridized carbons (Fsp3) is 0.250. The topological polar surface area (TPSA) is 36.7 Å². The van der Waals surface area contributed by atoms with Crippen LogP contribution in [0.25, 0.3) is 0 Å². The lowest BCUT2D eigenvalue weighted by atomic mass is 10.1. The number of rotatable bonds is 2. The first-order chi connectivity index (χ1) is 6.60. The highest BCUT2D eigenvalue weighted by Gasteiger charge is 2.18. The van der Waals surface area contributed by atoms with Crippen LogP contribution in [-0.4, -0.2) is 4.98 Å². The molecule has 1 aromatic heterocycles. The number of hydrogen-bond donors (Lipinski definition) is 0. The second kappa shape index (κ2) is 4.84. The van der Waals surface area contributed by atoms with E-state index in [9.17, 15) is 8.78 Å². The molecule has 0 spiro atoms. The van der Waals surface area contributed by atoms with Crippen LogP contribution in [0.3, 0.4) is 0 Å². The average molecular weight is 328 g/mol. The second-order valence-corrected chi connectivity index (χ2v) is 3.77. The van der Waals surface area contributed by atoms with Crippen molar-refractivity contribution in [3.63, 3.8) is 0 Å². The van der Waals surface area contributed by atoms with Gasteiger partial charge in [0.2, 0.25) is 0 Å². The summed E-state index contributed by atoms with van der Waals surface area (Å²) in [4.78, 5) is 3.65. The summed E-state index contributed by atoms with van der Waals surface area (Å²) in [6.45, 7) is 0. The van der Waals surface area contributed by atoms with Crippen LogP contribution >= 0.6 is 34.2 Å². The van der Waals surface area contributed by atoms with E-state index in [-0.39, 0.29) is 17.0 Å². The molecule has 0 N–H and O–H groups in total. The Morgan fingerprint density at radius 1 is 1.64 bits per heavy atom. The molecule has 0 aliphatic rings. The molecule has 1 rings (SSSR count). The maximum absolute atomic E-state index is 12.5. The maximum Gasteiger partial charge on any atom is 0.280 e. The van der Waals surface area contributed by atoms with Gasteiger partial charge < -0.3 is 0 Å². The van der Waals surface area contributed by atoms with Crippen LogP contribution in [0.4, 0.5) is 8.78 Å². The Morgan fingerprint density at radius 3 is 2.71 bits per heavy atom. The first-order valence-corrected chi connectivity index (χ1v) is 5.15. The van der Waals surface area contributed by atoms with Gasteiger partial charge in [-0.25, -0.2) is 13.8 Å². The molecule has 0 saturated carbocycles. The van der Waals surface area contributed by atoms with Crippen molar-refractivity contribution in [1.29, 1.82) is 5.26 Å². The number of aromatic nitrogens is 1. The number of alkyl halides is 3. The van der Waals surface area contributed by atoms with Crippen LogP contribution in [0.5, 0.6) is 0 Å². The van der Waals surface area contributed by atoms with Gasteiger partial charge in [-0.1, -0.05) is 0 Å². The summed E-state index contributed by atoms with van der Waals surface area (Å²) < 4.78 is 25.3. The number of pyridine rings is 1. The third-order valence-electron chi connectivity index (χ3n) is 1.59. The minimum atomic E-state index is -2.70. The zero-order chi connectivity index (χ0) is 10.7. The molecule has 0 amide bonds. The Hall–Kier alpha value is -0.480. The molecule has 1 heterocycles. The van der Waals surface area contributed by atoms with E-state index in [4.69, 9.17) is 16.9 Å². The molecule has 0 aliphatic carbocycles. The van der Waals surface area contributed by atoms with E-state index >= 15 is 0 Å². The molecular weight excluding hydrogens is 324 g/mol. The van der Waals surface area contributed by atoms with Gasteiger partial charge in [0.1, 0.15) is 9.39 Å². The van der Waals surface area contributed by atoms with Gasteiger partial charge >= 0.3 is 0 Å². The van der Waals surface area contributed by atoms with Gasteiger partial charge in [0.05, 0.1) is 17.5 Å². The summed E-state index contributed by atoms with van der Waals surface area (Å²) in [5.74, 6) is -0.132. The van der Waals surface area contributed by atoms with Crippen molar-refractivity contribution in [2.24, 2.45) is 0 Å². The Balaban J connectivity index is 3.41. The molecular formula is C8H4ClF2IN2. The highest BCUT2D eigenvalue weighted by atomic mass is 127. The fourth-order valence-electron chi connectivity index (χ4n) is 0.980. The van der Waals surface area contributed by atoms with Crippen LogP contribution in [-0.2, 0) is 5.88 Å². The smallest absolute Gasteiger partial charge is 0.240 e. The van der Waals surface area contributed by atoms with E-state index in [1.54, 1.807) is 22.6 Å². The number of halogens is 4. The normalized spacial score (nSPS) is 10.3. The van der Waals surface area contributed by atoms with Gasteiger partial charge in [0, 0.05) is 5.56 Å². The van der Waals surface area contributed by atoms with E-state index in [0.29, 0.717) is 3.70 Å². The molecule has 1 aromatic rings. The summed E-state index contributed by atoms with van der Waals surface area (Å²) in [6, 6.07) is 3.25. The number of hydrogen-bond acceptors (Lipinski definition) is 2. The molecule has 0 aromatic carbocycles. The molecule has 0 bridgehead atoms. The standard InChI is InChI=1S/C8H4ClF2IN2/c9-2-5-4(3-13)1-6(12)14-7(5)8(10)11/h1,8H,2H2. The molecule has 74 valence electrons. The third-order valence-corrected chi connectivity index (χ3v) is 2.41. The van der Waals surface area contributed by atoms with Crippen molar-refractivity contribution in [1.82, 2.24) is 4.98 Å². The summed E-state index contributed by atoms with van der Waals surface area (Å²) >= 11 is 7.27. The Kier molecular flexibility index (Phi) is 4.01. The van der Waals surface area contributed by atoms with Crippen molar-refractivity contribution < 1.29 is 8.78 Å². The number of nitrogens with zero attached hydrogens (tertiary/aromatic N) is 2. The average Bonchev–Trinajstić information content (AvgIpc) is 2.16. The van der Waals surface area contributed by atoms with E-state index < -0.39 is 12.1 Å². The highest BCUT2D eigenvalue weighted by molar-refractivity contribution is 14.1. The van der Waals surface area contributed by atoms with Crippen molar-refractivity contribution in [3.8, 4) is 6.07 Å². The molecule has 0 atom stereocenters. The van der Waals surface area contributed by atoms with E-state index in [0.717, 1.165) is 0 Å². The minimum absolute atomic E-state index is 0.115. The highest BCUT2D eigenvalue weighted by Crippen LogP contribution is 2.26. The first-order valence-electron chi connectivity index (χ1n) is 3.53. The maximum atomic E-state index is 12.5. The van der Waals surface area contributed by atoms with Gasteiger partial charge in [0.25, 0.3) is 6.43 Å². The summed E-state index contributed by atoms with van der Waals surface area (Å²) in [6.07, 6.45) is -2.70. The van der Waals surface area contributed by atoms with Crippen LogP contribution in [0.2, 0.25) is 0 Å². The lowest BCUT2D eigenvalue weighted by Crippen LogP contribution is -2.02. The first kappa shape index (κ1) is 11.6. The summed E-state index contributed by atoms with van der Waals surface area (Å²) in [5.41, 5.74) is -0.122. The van der Waals surface area contributed by atoms with E-state index in [1.165, 1.54) is 6.07 Å². The summed E-state index contributed by atoms with van der Waals surface area (Å²) in [7, 11) is 0. The zero-order valence-electron chi connectivity index (χ0n) is 6.77. The second-order valence-electron chi connectivity index (χ2n) is 2.40. The lowest BCUT2D eigenvalue weighted by Gasteiger charge is -2.07. The minimum Gasteiger partial charge on any atom is -0.240 e. The lowest BCUT2D eigenvalue weighted by molar-refractivity contribution is 0.145. The van der Waals surface area contributed by atoms with Gasteiger partial charge in [-0.2, -0.15) is 5.26 Å².